The van der Waals surface area contributed by atoms with Crippen LogP contribution in [-0.2, 0) is 14.8 Å². The highest BCUT2D eigenvalue weighted by Gasteiger charge is 2.28. The first kappa shape index (κ1) is 19.9. The molecule has 0 aromatic rings. The number of ether oxygens (including phenoxy) is 1. The molecule has 0 fully saturated rings. The average molecular weight is 308 g/mol. The zero-order chi connectivity index (χ0) is 15.8. The SMILES string of the molecule is CCCCNS(=O)(=O)C(CCC(C)OC(C)C)C(C)C. The molecule has 0 saturated carbocycles. The molecule has 5 heteroatoms. The van der Waals surface area contributed by atoms with E-state index in [0.29, 0.717) is 13.0 Å². The monoisotopic (exact) mass is 307 g/mol. The molecule has 20 heavy (non-hydrogen) atoms. The Morgan fingerprint density at radius 2 is 1.65 bits per heavy atom. The highest BCUT2D eigenvalue weighted by atomic mass is 32.2. The molecule has 0 heterocycles. The number of sulfonamides is 1. The van der Waals surface area contributed by atoms with Crippen LogP contribution in [0, 0.1) is 5.92 Å². The highest BCUT2D eigenvalue weighted by molar-refractivity contribution is 7.90. The predicted molar refractivity (Wildman–Crippen MR) is 85.4 cm³/mol. The summed E-state index contributed by atoms with van der Waals surface area (Å²) in [7, 11) is -3.22. The molecule has 2 unspecified atom stereocenters. The maximum atomic E-state index is 12.3. The lowest BCUT2D eigenvalue weighted by atomic mass is 10.0. The first-order valence-corrected chi connectivity index (χ1v) is 9.39. The van der Waals surface area contributed by atoms with Crippen molar-refractivity contribution in [3.8, 4) is 0 Å². The predicted octanol–water partition coefficient (Wildman–Crippen LogP) is 3.32. The van der Waals surface area contributed by atoms with Crippen molar-refractivity contribution in [2.75, 3.05) is 6.54 Å². The molecule has 0 aromatic carbocycles. The normalized spacial score (nSPS) is 15.8. The van der Waals surface area contributed by atoms with E-state index in [2.05, 4.69) is 11.6 Å². The maximum absolute atomic E-state index is 12.3. The van der Waals surface area contributed by atoms with Crippen LogP contribution in [0.5, 0.6) is 0 Å². The third-order valence-corrected chi connectivity index (χ3v) is 5.52. The van der Waals surface area contributed by atoms with Gasteiger partial charge in [0, 0.05) is 6.54 Å². The van der Waals surface area contributed by atoms with Gasteiger partial charge in [-0.3, -0.25) is 0 Å². The molecule has 0 bridgehead atoms. The van der Waals surface area contributed by atoms with E-state index in [1.54, 1.807) is 0 Å². The van der Waals surface area contributed by atoms with Gasteiger partial charge in [-0.15, -0.1) is 0 Å². The molecule has 0 rings (SSSR count). The summed E-state index contributed by atoms with van der Waals surface area (Å²) in [6, 6.07) is 0. The summed E-state index contributed by atoms with van der Waals surface area (Å²) in [5.74, 6) is 0.111. The third kappa shape index (κ3) is 8.22. The van der Waals surface area contributed by atoms with Crippen LogP contribution < -0.4 is 4.72 Å². The van der Waals surface area contributed by atoms with Crippen molar-refractivity contribution >= 4 is 10.0 Å². The Morgan fingerprint density at radius 3 is 2.10 bits per heavy atom. The Morgan fingerprint density at radius 1 is 1.05 bits per heavy atom. The standard InChI is InChI=1S/C15H33NO3S/c1-7-8-11-16-20(17,18)15(12(2)3)10-9-14(6)19-13(4)5/h12-16H,7-11H2,1-6H3. The van der Waals surface area contributed by atoms with Crippen molar-refractivity contribution in [3.63, 3.8) is 0 Å². The number of nitrogens with one attached hydrogen (secondary N) is 1. The van der Waals surface area contributed by atoms with E-state index in [0.717, 1.165) is 19.3 Å². The summed E-state index contributed by atoms with van der Waals surface area (Å²) in [6.07, 6.45) is 3.58. The number of hydrogen-bond donors (Lipinski definition) is 1. The lowest BCUT2D eigenvalue weighted by molar-refractivity contribution is 0.0129. The van der Waals surface area contributed by atoms with Gasteiger partial charge in [-0.25, -0.2) is 13.1 Å². The molecule has 0 aliphatic carbocycles. The van der Waals surface area contributed by atoms with Crippen molar-refractivity contribution in [1.29, 1.82) is 0 Å². The Bertz CT molecular complexity index is 339. The third-order valence-electron chi connectivity index (χ3n) is 3.34. The second-order valence-corrected chi connectivity index (χ2v) is 8.13. The second-order valence-electron chi connectivity index (χ2n) is 6.15. The topological polar surface area (TPSA) is 55.4 Å². The van der Waals surface area contributed by atoms with E-state index in [1.165, 1.54) is 0 Å². The molecule has 0 aliphatic rings. The molecular formula is C15H33NO3S. The average Bonchev–Trinajstić information content (AvgIpc) is 2.27. The van der Waals surface area contributed by atoms with E-state index in [-0.39, 0.29) is 23.4 Å². The molecule has 2 atom stereocenters. The zero-order valence-electron chi connectivity index (χ0n) is 14.0. The van der Waals surface area contributed by atoms with E-state index in [1.807, 2.05) is 34.6 Å². The molecule has 4 nitrogen and oxygen atoms in total. The fourth-order valence-corrected chi connectivity index (χ4v) is 4.08. The lowest BCUT2D eigenvalue weighted by Gasteiger charge is -2.24. The number of unbranched alkanes of at least 4 members (excludes halogenated alkanes) is 1. The van der Waals surface area contributed by atoms with Crippen LogP contribution in [0.2, 0.25) is 0 Å². The molecule has 0 saturated heterocycles. The Balaban J connectivity index is 4.48. The largest absolute Gasteiger partial charge is 0.376 e. The van der Waals surface area contributed by atoms with Crippen LogP contribution in [0.3, 0.4) is 0 Å². The second kappa shape index (κ2) is 9.74. The van der Waals surface area contributed by atoms with E-state index in [9.17, 15) is 8.42 Å². The number of rotatable bonds is 11. The first-order chi connectivity index (χ1) is 9.20. The van der Waals surface area contributed by atoms with Gasteiger partial charge in [-0.2, -0.15) is 0 Å². The Hall–Kier alpha value is -0.130. The fourth-order valence-electron chi connectivity index (χ4n) is 2.28. The van der Waals surface area contributed by atoms with Gasteiger partial charge in [-0.05, 0) is 46.0 Å². The summed E-state index contributed by atoms with van der Waals surface area (Å²) in [6.45, 7) is 12.5. The van der Waals surface area contributed by atoms with Crippen LogP contribution in [0.1, 0.15) is 67.2 Å². The van der Waals surface area contributed by atoms with Gasteiger partial charge in [0.25, 0.3) is 0 Å². The minimum atomic E-state index is -3.22. The Labute approximate surface area is 125 Å². The molecular weight excluding hydrogens is 274 g/mol. The van der Waals surface area contributed by atoms with Crippen molar-refractivity contribution in [3.05, 3.63) is 0 Å². The minimum Gasteiger partial charge on any atom is -0.376 e. The molecule has 0 spiro atoms. The number of hydrogen-bond acceptors (Lipinski definition) is 3. The van der Waals surface area contributed by atoms with Crippen molar-refractivity contribution in [2.24, 2.45) is 5.92 Å². The van der Waals surface area contributed by atoms with Crippen LogP contribution in [0.4, 0.5) is 0 Å². The van der Waals surface area contributed by atoms with Gasteiger partial charge in [0.05, 0.1) is 17.5 Å². The highest BCUT2D eigenvalue weighted by Crippen LogP contribution is 2.19. The summed E-state index contributed by atoms with van der Waals surface area (Å²) >= 11 is 0. The van der Waals surface area contributed by atoms with Gasteiger partial charge >= 0.3 is 0 Å². The molecule has 0 aromatic heterocycles. The fraction of sp³-hybridized carbons (Fsp3) is 1.00. The van der Waals surface area contributed by atoms with E-state index < -0.39 is 10.0 Å². The quantitative estimate of drug-likeness (QED) is 0.596. The van der Waals surface area contributed by atoms with Crippen LogP contribution in [-0.4, -0.2) is 32.4 Å². The molecule has 1 N–H and O–H groups in total. The summed E-state index contributed by atoms with van der Waals surface area (Å²) < 4.78 is 33.1. The van der Waals surface area contributed by atoms with E-state index in [4.69, 9.17) is 4.74 Å². The van der Waals surface area contributed by atoms with Gasteiger partial charge in [0.1, 0.15) is 0 Å². The molecule has 122 valence electrons. The summed E-state index contributed by atoms with van der Waals surface area (Å²) in [4.78, 5) is 0. The minimum absolute atomic E-state index is 0.0992. The maximum Gasteiger partial charge on any atom is 0.214 e. The van der Waals surface area contributed by atoms with Crippen molar-refractivity contribution in [2.45, 2.75) is 84.7 Å². The zero-order valence-corrected chi connectivity index (χ0v) is 14.8. The molecule has 0 aliphatic heterocycles. The Kier molecular flexibility index (Phi) is 9.68. The smallest absolute Gasteiger partial charge is 0.214 e. The van der Waals surface area contributed by atoms with Crippen molar-refractivity contribution < 1.29 is 13.2 Å². The van der Waals surface area contributed by atoms with Crippen LogP contribution >= 0.6 is 0 Å². The molecule has 0 radical (unpaired) electrons. The lowest BCUT2D eigenvalue weighted by Crippen LogP contribution is -2.38. The molecule has 0 amide bonds. The van der Waals surface area contributed by atoms with Gasteiger partial charge < -0.3 is 4.74 Å². The summed E-state index contributed by atoms with van der Waals surface area (Å²) in [5.41, 5.74) is 0. The van der Waals surface area contributed by atoms with Crippen molar-refractivity contribution in [1.82, 2.24) is 4.72 Å². The van der Waals surface area contributed by atoms with Crippen LogP contribution in [0.15, 0.2) is 0 Å². The van der Waals surface area contributed by atoms with Gasteiger partial charge in [-0.1, -0.05) is 27.2 Å². The van der Waals surface area contributed by atoms with Gasteiger partial charge in [0.2, 0.25) is 10.0 Å². The first-order valence-electron chi connectivity index (χ1n) is 7.84. The summed E-state index contributed by atoms with van der Waals surface area (Å²) in [5, 5.41) is -0.336. The van der Waals surface area contributed by atoms with Gasteiger partial charge in [0.15, 0.2) is 0 Å². The van der Waals surface area contributed by atoms with Crippen LogP contribution in [0.25, 0.3) is 0 Å². The van der Waals surface area contributed by atoms with E-state index >= 15 is 0 Å².